The van der Waals surface area contributed by atoms with Crippen molar-refractivity contribution in [3.63, 3.8) is 0 Å². The minimum atomic E-state index is -2.43. The molecule has 1 saturated carbocycles. The highest BCUT2D eigenvalue weighted by atomic mass is 16.6. The fourth-order valence-corrected chi connectivity index (χ4v) is 11.3. The van der Waals surface area contributed by atoms with Crippen LogP contribution in [0.15, 0.2) is 77.0 Å². The van der Waals surface area contributed by atoms with E-state index < -0.39 is 84.1 Å². The highest BCUT2D eigenvalue weighted by Gasteiger charge is 2.53. The van der Waals surface area contributed by atoms with Crippen LogP contribution in [0.25, 0.3) is 0 Å². The van der Waals surface area contributed by atoms with Crippen molar-refractivity contribution in [2.24, 2.45) is 40.7 Å². The van der Waals surface area contributed by atoms with Crippen LogP contribution in [0.5, 0.6) is 0 Å². The van der Waals surface area contributed by atoms with E-state index >= 15 is 0 Å². The lowest BCUT2D eigenvalue weighted by atomic mass is 9.78. The summed E-state index contributed by atoms with van der Waals surface area (Å²) in [7, 11) is 4.70. The maximum Gasteiger partial charge on any atom is 0.329 e. The van der Waals surface area contributed by atoms with Crippen LogP contribution in [0.2, 0.25) is 0 Å². The molecule has 5 rings (SSSR count). The Labute approximate surface area is 446 Å². The van der Waals surface area contributed by atoms with E-state index in [0.29, 0.717) is 69.1 Å². The molecule has 16 atom stereocenters. The van der Waals surface area contributed by atoms with Crippen molar-refractivity contribution < 1.29 is 63.3 Å². The number of ether oxygens (including phenoxy) is 5. The van der Waals surface area contributed by atoms with E-state index in [0.717, 1.165) is 23.1 Å². The van der Waals surface area contributed by atoms with Crippen LogP contribution >= 0.6 is 0 Å². The second-order valence-corrected chi connectivity index (χ2v) is 22.0. The molecular formula is C60H88N2O13. The van der Waals surface area contributed by atoms with Crippen molar-refractivity contribution in [1.29, 1.82) is 0 Å². The van der Waals surface area contributed by atoms with Gasteiger partial charge in [-0.2, -0.15) is 0 Å². The topological polar surface area (TPSA) is 203 Å². The summed E-state index contributed by atoms with van der Waals surface area (Å²) in [5, 5.41) is 51.4. The molecule has 2 bridgehead atoms. The zero-order valence-corrected chi connectivity index (χ0v) is 46.3. The van der Waals surface area contributed by atoms with E-state index in [-0.39, 0.29) is 55.8 Å². The Morgan fingerprint density at radius 1 is 0.853 bits per heavy atom. The fraction of sp³-hybridized carbons (Fsp3) is 0.667. The average molecular weight is 1050 g/mol. The van der Waals surface area contributed by atoms with Crippen LogP contribution in [0, 0.1) is 47.9 Å². The Morgan fingerprint density at radius 2 is 1.59 bits per heavy atom. The molecule has 4 N–H and O–H groups in total. The molecule has 416 valence electrons. The van der Waals surface area contributed by atoms with Gasteiger partial charge in [-0.25, -0.2) is 4.79 Å². The Kier molecular flexibility index (Phi) is 24.0. The summed E-state index contributed by atoms with van der Waals surface area (Å²) in [4.78, 5) is 50.5. The third kappa shape index (κ3) is 16.7. The number of esters is 1. The zero-order valence-electron chi connectivity index (χ0n) is 46.3. The van der Waals surface area contributed by atoms with Gasteiger partial charge in [0, 0.05) is 64.0 Å². The largest absolute Gasteiger partial charge is 0.460 e. The Morgan fingerprint density at radius 3 is 2.27 bits per heavy atom. The number of amides is 1. The lowest BCUT2D eigenvalue weighted by Gasteiger charge is -2.43. The first-order chi connectivity index (χ1) is 35.7. The summed E-state index contributed by atoms with van der Waals surface area (Å²) < 4.78 is 30.2. The van der Waals surface area contributed by atoms with Crippen molar-refractivity contribution >= 4 is 23.4 Å². The molecule has 1 aromatic carbocycles. The van der Waals surface area contributed by atoms with E-state index in [1.54, 1.807) is 34.1 Å². The number of Topliss-reactive ketones (excluding diaryl/α,β-unsaturated/α-hetero) is 1. The summed E-state index contributed by atoms with van der Waals surface area (Å²) in [6, 6.07) is 6.31. The number of cyclic esters (lactones) is 1. The predicted molar refractivity (Wildman–Crippen MR) is 288 cm³/mol. The number of fused-ring (bicyclic) bond motifs is 3. The Balaban J connectivity index is 1.51. The number of allylic oxidation sites excluding steroid dienone is 5. The van der Waals surface area contributed by atoms with E-state index in [1.165, 1.54) is 12.0 Å². The van der Waals surface area contributed by atoms with Crippen molar-refractivity contribution in [1.82, 2.24) is 4.90 Å². The molecule has 1 aromatic rings. The van der Waals surface area contributed by atoms with E-state index in [4.69, 9.17) is 34.9 Å². The molecule has 3 heterocycles. The summed E-state index contributed by atoms with van der Waals surface area (Å²) in [5.41, 5.74) is 3.53. The molecule has 3 fully saturated rings. The first-order valence-electron chi connectivity index (χ1n) is 27.3. The van der Waals surface area contributed by atoms with Gasteiger partial charge >= 0.3 is 5.97 Å². The molecule has 15 heteroatoms. The SMILES string of the molecule is C#Cc1ccc(CON=C2[C@H](C)C[C@H](C)/C=C/C=C/C=C(\C)[C@@H](OC)C[C@@H]3CC[C@@H](C)[C@@](O)(O3)C(=O)C(=O)N3CCCC[C@H]3C(=O)O[C@H]([C@H](C)C[C@@H]3CC[C@@H](O)[C@H](OC)C3)C[C@@H](O)[C@H](C)/C=C(\C)[C@@H](O)[C@H]2OC)cc1. The zero-order chi connectivity index (χ0) is 55.0. The number of terminal acetylenes is 1. The number of aliphatic hydroxyl groups excluding tert-OH is 3. The monoisotopic (exact) mass is 1040 g/mol. The molecule has 3 aliphatic heterocycles. The van der Waals surface area contributed by atoms with Gasteiger partial charge in [0.25, 0.3) is 11.7 Å². The number of carbonyl (C=O) groups is 3. The number of aliphatic hydroxyl groups is 4. The molecule has 0 spiro atoms. The first-order valence-corrected chi connectivity index (χ1v) is 27.3. The smallest absolute Gasteiger partial charge is 0.329 e. The van der Waals surface area contributed by atoms with Crippen LogP contribution in [0.1, 0.15) is 137 Å². The minimum absolute atomic E-state index is 0.0222. The van der Waals surface area contributed by atoms with Crippen molar-refractivity contribution in [3.05, 3.63) is 83.0 Å². The average Bonchev–Trinajstić information content (AvgIpc) is 3.40. The third-order valence-corrected chi connectivity index (χ3v) is 16.2. The summed E-state index contributed by atoms with van der Waals surface area (Å²) in [6.07, 6.45) is 17.1. The van der Waals surface area contributed by atoms with Crippen LogP contribution in [-0.4, -0.2) is 137 Å². The van der Waals surface area contributed by atoms with Gasteiger partial charge in [-0.1, -0.05) is 94.3 Å². The second kappa shape index (κ2) is 29.3. The molecule has 4 aliphatic rings. The van der Waals surface area contributed by atoms with E-state index in [2.05, 4.69) is 24.1 Å². The van der Waals surface area contributed by atoms with Crippen molar-refractivity contribution in [3.8, 4) is 12.3 Å². The van der Waals surface area contributed by atoms with E-state index in [9.17, 15) is 34.8 Å². The van der Waals surface area contributed by atoms with E-state index in [1.807, 2.05) is 76.3 Å². The van der Waals surface area contributed by atoms with Gasteiger partial charge in [0.2, 0.25) is 5.79 Å². The lowest BCUT2D eigenvalue weighted by Crippen LogP contribution is -2.61. The minimum Gasteiger partial charge on any atom is -0.460 e. The van der Waals surface area contributed by atoms with Gasteiger partial charge in [-0.15, -0.1) is 6.42 Å². The van der Waals surface area contributed by atoms with Crippen LogP contribution in [0.4, 0.5) is 0 Å². The number of hydrogen-bond acceptors (Lipinski definition) is 14. The van der Waals surface area contributed by atoms with Crippen LogP contribution in [-0.2, 0) is 49.5 Å². The fourth-order valence-electron chi connectivity index (χ4n) is 11.3. The molecular weight excluding hydrogens is 957 g/mol. The molecule has 1 aliphatic carbocycles. The maximum atomic E-state index is 14.6. The lowest BCUT2D eigenvalue weighted by molar-refractivity contribution is -0.265. The summed E-state index contributed by atoms with van der Waals surface area (Å²) >= 11 is 0. The predicted octanol–water partition coefficient (Wildman–Crippen LogP) is 7.96. The summed E-state index contributed by atoms with van der Waals surface area (Å²) in [5.74, 6) is -4.19. The number of methoxy groups -OCH3 is 3. The van der Waals surface area contributed by atoms with Crippen molar-refractivity contribution in [2.75, 3.05) is 27.9 Å². The second-order valence-electron chi connectivity index (χ2n) is 22.0. The van der Waals surface area contributed by atoms with Gasteiger partial charge in [-0.3, -0.25) is 9.59 Å². The third-order valence-electron chi connectivity index (χ3n) is 16.2. The van der Waals surface area contributed by atoms with Gasteiger partial charge in [-0.05, 0) is 125 Å². The summed E-state index contributed by atoms with van der Waals surface area (Å²) in [6.45, 7) is 13.6. The molecule has 0 radical (unpaired) electrons. The molecule has 15 nitrogen and oxygen atoms in total. The highest BCUT2D eigenvalue weighted by Crippen LogP contribution is 2.38. The quantitative estimate of drug-likeness (QED) is 0.0611. The molecule has 1 amide bonds. The Bertz CT molecular complexity index is 2220. The number of nitrogens with zero attached hydrogens (tertiary/aromatic N) is 2. The Hall–Kier alpha value is -4.50. The number of ketones is 1. The standard InChI is InChI=1S/C60H88N2O13/c1-12-44-22-24-45(25-23-44)36-73-61-54-41(6)30-37(2)18-14-13-15-19-38(3)51(70-9)34-47-27-21-43(8)60(69,75-47)57(66)58(67)62-29-17-16-20-48(62)59(68)74-52(40(5)32-46-26-28-49(63)53(33-46)71-10)35-50(64)39(4)31-42(7)55(65)56(54)72-11/h1,13-15,18-19,22-25,31,37,39-41,43,46-53,55-56,63-65,69H,16-17,20-21,26-30,32-36H2,2-11H3/b15-13+,18-14+,38-19+,42-31+,61-54?/t37-,39-,40-,41-,43-,46+,47+,48+,49-,50-,51+,52+,53-,55-,56+,60-/m1/s1. The first kappa shape index (κ1) is 61.4. The van der Waals surface area contributed by atoms with Crippen LogP contribution < -0.4 is 0 Å². The number of rotatable bonds is 9. The molecule has 0 unspecified atom stereocenters. The number of hydrogen-bond donors (Lipinski definition) is 4. The van der Waals surface area contributed by atoms with Crippen LogP contribution in [0.3, 0.4) is 0 Å². The van der Waals surface area contributed by atoms with Gasteiger partial charge in [0.1, 0.15) is 31.0 Å². The molecule has 0 aromatic heterocycles. The number of carbonyl (C=O) groups excluding carboxylic acids is 3. The van der Waals surface area contributed by atoms with Crippen molar-refractivity contribution in [2.45, 2.75) is 193 Å². The molecule has 75 heavy (non-hydrogen) atoms. The van der Waals surface area contributed by atoms with Gasteiger partial charge in [0.15, 0.2) is 0 Å². The number of benzene rings is 1. The normalized spacial score (nSPS) is 37.9. The molecule has 2 saturated heterocycles. The highest BCUT2D eigenvalue weighted by molar-refractivity contribution is 6.39. The van der Waals surface area contributed by atoms with Gasteiger partial charge in [0.05, 0.1) is 36.2 Å². The maximum absolute atomic E-state index is 14.6. The van der Waals surface area contributed by atoms with Gasteiger partial charge < -0.3 is 53.8 Å². The number of oxime groups is 1. The number of piperidine rings is 1.